The van der Waals surface area contributed by atoms with Crippen molar-refractivity contribution >= 4 is 75.8 Å². The van der Waals surface area contributed by atoms with Crippen LogP contribution in [-0.2, 0) is 0 Å². The molecule has 264 valence electrons. The van der Waals surface area contributed by atoms with E-state index in [2.05, 4.69) is 206 Å². The molecule has 0 aliphatic rings. The summed E-state index contributed by atoms with van der Waals surface area (Å²) in [6.07, 6.45) is 0. The first kappa shape index (κ1) is 31.8. The molecule has 0 unspecified atom stereocenters. The van der Waals surface area contributed by atoms with E-state index in [9.17, 15) is 0 Å². The Bertz CT molecular complexity index is 3510. The molecule has 0 spiro atoms. The van der Waals surface area contributed by atoms with E-state index in [1.54, 1.807) is 0 Å². The largest absolute Gasteiger partial charge is 0.456 e. The Labute approximate surface area is 329 Å². The molecule has 1 heterocycles. The molecule has 1 nitrogen and oxygen atoms in total. The first-order valence-electron chi connectivity index (χ1n) is 19.7. The summed E-state index contributed by atoms with van der Waals surface area (Å²) in [5.41, 5.74) is 11.7. The molecule has 0 aliphatic carbocycles. The maximum absolute atomic E-state index is 6.38. The van der Waals surface area contributed by atoms with Gasteiger partial charge in [0.2, 0.25) is 0 Å². The third-order valence-corrected chi connectivity index (χ3v) is 12.0. The highest BCUT2D eigenvalue weighted by atomic mass is 16.3. The predicted octanol–water partition coefficient (Wildman–Crippen LogP) is 16.0. The molecule has 0 saturated carbocycles. The van der Waals surface area contributed by atoms with Crippen LogP contribution in [0.3, 0.4) is 0 Å². The molecule has 1 aromatic heterocycles. The lowest BCUT2D eigenvalue weighted by molar-refractivity contribution is 0.669. The minimum absolute atomic E-state index is 0.909. The zero-order chi connectivity index (χ0) is 37.5. The Morgan fingerprint density at radius 3 is 1.42 bits per heavy atom. The molecule has 12 rings (SSSR count). The molecule has 11 aromatic carbocycles. The lowest BCUT2D eigenvalue weighted by atomic mass is 9.83. The van der Waals surface area contributed by atoms with Crippen molar-refractivity contribution in [2.75, 3.05) is 0 Å². The lowest BCUT2D eigenvalue weighted by Gasteiger charge is -2.20. The summed E-state index contributed by atoms with van der Waals surface area (Å²) in [6, 6.07) is 75.4. The van der Waals surface area contributed by atoms with Gasteiger partial charge in [-0.05, 0) is 135 Å². The lowest BCUT2D eigenvalue weighted by Crippen LogP contribution is -1.92. The zero-order valence-corrected chi connectivity index (χ0v) is 31.0. The number of furan rings is 1. The van der Waals surface area contributed by atoms with E-state index in [0.29, 0.717) is 0 Å². The number of benzene rings is 11. The molecule has 0 saturated heterocycles. The van der Waals surface area contributed by atoms with E-state index < -0.39 is 0 Å². The summed E-state index contributed by atoms with van der Waals surface area (Å²) < 4.78 is 6.38. The van der Waals surface area contributed by atoms with E-state index in [0.717, 1.165) is 21.9 Å². The first-order valence-corrected chi connectivity index (χ1v) is 19.7. The second-order valence-electron chi connectivity index (χ2n) is 15.2. The van der Waals surface area contributed by atoms with Crippen molar-refractivity contribution < 1.29 is 4.42 Å². The minimum atomic E-state index is 0.909. The third kappa shape index (κ3) is 5.03. The van der Waals surface area contributed by atoms with Crippen LogP contribution in [-0.4, -0.2) is 0 Å². The fourth-order valence-corrected chi connectivity index (χ4v) is 9.34. The molecule has 12 aromatic rings. The van der Waals surface area contributed by atoms with Gasteiger partial charge < -0.3 is 4.42 Å². The van der Waals surface area contributed by atoms with Gasteiger partial charge in [0.05, 0.1) is 0 Å². The number of fused-ring (bicyclic) bond motifs is 8. The molecule has 0 fully saturated rings. The molecular formula is C56H34O. The van der Waals surface area contributed by atoms with E-state index in [1.807, 2.05) is 0 Å². The monoisotopic (exact) mass is 722 g/mol. The molecule has 0 radical (unpaired) electrons. The maximum atomic E-state index is 6.38. The Kier molecular flexibility index (Phi) is 7.00. The molecule has 0 aliphatic heterocycles. The first-order chi connectivity index (χ1) is 28.2. The van der Waals surface area contributed by atoms with E-state index in [4.69, 9.17) is 4.42 Å². The van der Waals surface area contributed by atoms with Gasteiger partial charge in [-0.15, -0.1) is 0 Å². The maximum Gasteiger partial charge on any atom is 0.136 e. The number of hydrogen-bond donors (Lipinski definition) is 0. The molecule has 0 amide bonds. The molecule has 1 heteroatoms. The van der Waals surface area contributed by atoms with Crippen molar-refractivity contribution in [2.45, 2.75) is 0 Å². The van der Waals surface area contributed by atoms with E-state index in [1.165, 1.54) is 98.4 Å². The Hall–Kier alpha value is -7.48. The van der Waals surface area contributed by atoms with Gasteiger partial charge in [-0.25, -0.2) is 0 Å². The van der Waals surface area contributed by atoms with Crippen LogP contribution >= 0.6 is 0 Å². The SMILES string of the molecule is c1ccc(-c2ccc3cc(-c4c5ccccc5c(-c5ccc(-c6ccc7oc8cc9ccccc9cc8c7c6)c6ccccc56)c5ccccc45)ccc3c2)cc1. The second-order valence-corrected chi connectivity index (χ2v) is 15.2. The fraction of sp³-hybridized carbons (Fsp3) is 0. The van der Waals surface area contributed by atoms with Gasteiger partial charge in [0.15, 0.2) is 0 Å². The summed E-state index contributed by atoms with van der Waals surface area (Å²) in [5, 5.41) is 14.7. The van der Waals surface area contributed by atoms with Gasteiger partial charge in [-0.3, -0.25) is 0 Å². The van der Waals surface area contributed by atoms with Gasteiger partial charge in [-0.1, -0.05) is 170 Å². The average molecular weight is 723 g/mol. The van der Waals surface area contributed by atoms with Gasteiger partial charge in [-0.2, -0.15) is 0 Å². The molecule has 57 heavy (non-hydrogen) atoms. The van der Waals surface area contributed by atoms with Gasteiger partial charge in [0, 0.05) is 10.8 Å². The van der Waals surface area contributed by atoms with Crippen LogP contribution in [0, 0.1) is 0 Å². The smallest absolute Gasteiger partial charge is 0.136 e. The van der Waals surface area contributed by atoms with Crippen LogP contribution in [0.25, 0.3) is 120 Å². The highest BCUT2D eigenvalue weighted by Gasteiger charge is 2.20. The van der Waals surface area contributed by atoms with Crippen molar-refractivity contribution in [3.8, 4) is 44.5 Å². The van der Waals surface area contributed by atoms with E-state index >= 15 is 0 Å². The highest BCUT2D eigenvalue weighted by molar-refractivity contribution is 6.24. The summed E-state index contributed by atoms with van der Waals surface area (Å²) in [4.78, 5) is 0. The van der Waals surface area contributed by atoms with Crippen LogP contribution in [0.1, 0.15) is 0 Å². The summed E-state index contributed by atoms with van der Waals surface area (Å²) in [6.45, 7) is 0. The molecule has 0 bridgehead atoms. The Balaban J connectivity index is 1.04. The molecule has 0 N–H and O–H groups in total. The van der Waals surface area contributed by atoms with Crippen LogP contribution in [0.15, 0.2) is 211 Å². The second kappa shape index (κ2) is 12.5. The van der Waals surface area contributed by atoms with Crippen LogP contribution in [0.2, 0.25) is 0 Å². The topological polar surface area (TPSA) is 13.1 Å². The zero-order valence-electron chi connectivity index (χ0n) is 31.0. The Morgan fingerprint density at radius 2 is 0.719 bits per heavy atom. The van der Waals surface area contributed by atoms with Crippen molar-refractivity contribution in [2.24, 2.45) is 0 Å². The van der Waals surface area contributed by atoms with Crippen molar-refractivity contribution in [1.82, 2.24) is 0 Å². The predicted molar refractivity (Wildman–Crippen MR) is 243 cm³/mol. The van der Waals surface area contributed by atoms with Crippen molar-refractivity contribution in [3.05, 3.63) is 206 Å². The third-order valence-electron chi connectivity index (χ3n) is 12.0. The van der Waals surface area contributed by atoms with Crippen LogP contribution in [0.5, 0.6) is 0 Å². The standard InChI is InChI=1S/C56H34O/c1-2-12-35(13-3-1)38-22-23-40-31-42(25-24-39(40)30-38)55-46-18-8-10-20-48(46)56(49-21-11-9-19-47(49)55)50-28-27-43(44-16-6-7-17-45(44)50)41-26-29-53-51(33-41)52-32-36-14-4-5-15-37(36)34-54(52)57-53/h1-34H. The fourth-order valence-electron chi connectivity index (χ4n) is 9.34. The average Bonchev–Trinajstić information content (AvgIpc) is 3.63. The highest BCUT2D eigenvalue weighted by Crippen LogP contribution is 2.47. The normalized spacial score (nSPS) is 11.9. The minimum Gasteiger partial charge on any atom is -0.456 e. The van der Waals surface area contributed by atoms with Gasteiger partial charge in [0.1, 0.15) is 11.2 Å². The van der Waals surface area contributed by atoms with Crippen molar-refractivity contribution in [3.63, 3.8) is 0 Å². The summed E-state index contributed by atoms with van der Waals surface area (Å²) in [5.74, 6) is 0. The summed E-state index contributed by atoms with van der Waals surface area (Å²) >= 11 is 0. The summed E-state index contributed by atoms with van der Waals surface area (Å²) in [7, 11) is 0. The molecule has 0 atom stereocenters. The van der Waals surface area contributed by atoms with Gasteiger partial charge >= 0.3 is 0 Å². The van der Waals surface area contributed by atoms with Crippen LogP contribution < -0.4 is 0 Å². The van der Waals surface area contributed by atoms with Gasteiger partial charge in [0.25, 0.3) is 0 Å². The molecular weight excluding hydrogens is 689 g/mol. The Morgan fingerprint density at radius 1 is 0.228 bits per heavy atom. The van der Waals surface area contributed by atoms with Crippen molar-refractivity contribution in [1.29, 1.82) is 0 Å². The quantitative estimate of drug-likeness (QED) is 0.165. The van der Waals surface area contributed by atoms with Crippen LogP contribution in [0.4, 0.5) is 0 Å². The van der Waals surface area contributed by atoms with E-state index in [-0.39, 0.29) is 0 Å². The number of rotatable bonds is 4. The number of hydrogen-bond acceptors (Lipinski definition) is 1.